The van der Waals surface area contributed by atoms with Crippen molar-refractivity contribution in [1.29, 1.82) is 0 Å². The van der Waals surface area contributed by atoms with Gasteiger partial charge in [-0.25, -0.2) is 0 Å². The van der Waals surface area contributed by atoms with Gasteiger partial charge >= 0.3 is 0 Å². The number of para-hydroxylation sites is 1. The minimum atomic E-state index is 0.861. The van der Waals surface area contributed by atoms with Gasteiger partial charge in [0.15, 0.2) is 0 Å². The van der Waals surface area contributed by atoms with Crippen molar-refractivity contribution >= 4 is 92.4 Å². The van der Waals surface area contributed by atoms with E-state index in [4.69, 9.17) is 8.83 Å². The van der Waals surface area contributed by atoms with Crippen LogP contribution in [0.25, 0.3) is 97.4 Å². The van der Waals surface area contributed by atoms with E-state index >= 15 is 0 Å². The highest BCUT2D eigenvalue weighted by Crippen LogP contribution is 2.44. The Labute approximate surface area is 338 Å². The van der Waals surface area contributed by atoms with E-state index < -0.39 is 0 Å². The van der Waals surface area contributed by atoms with Gasteiger partial charge in [0, 0.05) is 58.8 Å². The molecule has 0 saturated carbocycles. The molecule has 0 radical (unpaired) electrons. The molecule has 12 rings (SSSR count). The van der Waals surface area contributed by atoms with Crippen molar-refractivity contribution in [2.75, 3.05) is 4.90 Å². The number of benzene rings is 9. The third-order valence-corrected chi connectivity index (χ3v) is 12.7. The average molecular weight is 760 g/mol. The Morgan fingerprint density at radius 3 is 1.69 bits per heavy atom. The van der Waals surface area contributed by atoms with Crippen LogP contribution >= 0.6 is 11.3 Å². The van der Waals surface area contributed by atoms with Crippen molar-refractivity contribution in [1.82, 2.24) is 0 Å². The van der Waals surface area contributed by atoms with Crippen LogP contribution < -0.4 is 4.90 Å². The fourth-order valence-electron chi connectivity index (χ4n) is 8.73. The van der Waals surface area contributed by atoms with Crippen LogP contribution in [0, 0.1) is 0 Å². The molecule has 0 aliphatic carbocycles. The monoisotopic (exact) mass is 759 g/mol. The van der Waals surface area contributed by atoms with Gasteiger partial charge < -0.3 is 13.7 Å². The minimum Gasteiger partial charge on any atom is -0.456 e. The van der Waals surface area contributed by atoms with Gasteiger partial charge in [0.1, 0.15) is 22.3 Å². The largest absolute Gasteiger partial charge is 0.456 e. The Balaban J connectivity index is 0.940. The van der Waals surface area contributed by atoms with Crippen LogP contribution in [0.3, 0.4) is 0 Å². The van der Waals surface area contributed by atoms with Gasteiger partial charge in [-0.3, -0.25) is 0 Å². The first-order chi connectivity index (χ1) is 28.7. The second-order valence-electron chi connectivity index (χ2n) is 14.8. The summed E-state index contributed by atoms with van der Waals surface area (Å²) in [5.74, 6) is 0. The summed E-state index contributed by atoms with van der Waals surface area (Å²) < 4.78 is 15.3. The second kappa shape index (κ2) is 13.1. The molecule has 12 aromatic rings. The van der Waals surface area contributed by atoms with Gasteiger partial charge in [0.05, 0.1) is 0 Å². The highest BCUT2D eigenvalue weighted by molar-refractivity contribution is 7.26. The third kappa shape index (κ3) is 5.27. The maximum absolute atomic E-state index is 6.50. The fraction of sp³-hybridized carbons (Fsp3) is 0. The third-order valence-electron chi connectivity index (χ3n) is 11.5. The number of fused-ring (bicyclic) bond motifs is 10. The Bertz CT molecular complexity index is 3500. The second-order valence-corrected chi connectivity index (χ2v) is 15.9. The molecule has 9 aromatic carbocycles. The first-order valence-corrected chi connectivity index (χ1v) is 20.4. The number of thiophene rings is 1. The van der Waals surface area contributed by atoms with Gasteiger partial charge in [0.25, 0.3) is 0 Å². The van der Waals surface area contributed by atoms with E-state index in [-0.39, 0.29) is 0 Å². The van der Waals surface area contributed by atoms with Crippen LogP contribution in [0.5, 0.6) is 0 Å². The lowest BCUT2D eigenvalue weighted by Gasteiger charge is -2.26. The highest BCUT2D eigenvalue weighted by Gasteiger charge is 2.18. The Morgan fingerprint density at radius 1 is 0.328 bits per heavy atom. The first kappa shape index (κ1) is 32.8. The summed E-state index contributed by atoms with van der Waals surface area (Å²) in [6.07, 6.45) is 0. The SMILES string of the molecule is c1ccc(-c2cccc(N(c3ccc(-c4ccc5c(c4)oc4ccc6oc7ccccc7c6c45)cc3)c3ccc(-c4cccc5c4sc4ccccc45)cc3)c2)cc1. The van der Waals surface area contributed by atoms with Crippen molar-refractivity contribution in [3.05, 3.63) is 200 Å². The molecular weight excluding hydrogens is 727 g/mol. The molecule has 0 atom stereocenters. The molecule has 0 bridgehead atoms. The molecule has 0 aliphatic heterocycles. The number of hydrogen-bond donors (Lipinski definition) is 0. The van der Waals surface area contributed by atoms with Crippen LogP contribution in [0.1, 0.15) is 0 Å². The zero-order valence-corrected chi connectivity index (χ0v) is 32.0. The zero-order valence-electron chi connectivity index (χ0n) is 31.2. The molecule has 0 amide bonds. The van der Waals surface area contributed by atoms with Gasteiger partial charge in [-0.2, -0.15) is 0 Å². The normalized spacial score (nSPS) is 11.8. The standard InChI is InChI=1S/C54H33NO2S/c1-2-10-34(11-3-1)37-12-8-13-41(32-37)55(40-27-22-36(23-28-40)42-16-9-17-44-43-14-5-7-19-51(43)58-54(42)44)39-25-20-35(21-26-39)38-24-29-46-50(33-38)57-49-31-30-48-52(53(46)49)45-15-4-6-18-47(45)56-48/h1-33H. The summed E-state index contributed by atoms with van der Waals surface area (Å²) in [5.41, 5.74) is 13.8. The summed E-state index contributed by atoms with van der Waals surface area (Å²) in [7, 11) is 0. The molecule has 4 heteroatoms. The highest BCUT2D eigenvalue weighted by atomic mass is 32.1. The predicted molar refractivity (Wildman–Crippen MR) is 245 cm³/mol. The molecule has 0 fully saturated rings. The summed E-state index contributed by atoms with van der Waals surface area (Å²) in [4.78, 5) is 2.35. The maximum atomic E-state index is 6.50. The lowest BCUT2D eigenvalue weighted by atomic mass is 10.0. The summed E-state index contributed by atoms with van der Waals surface area (Å²) >= 11 is 1.87. The van der Waals surface area contributed by atoms with E-state index in [0.717, 1.165) is 72.1 Å². The molecular formula is C54H33NO2S. The van der Waals surface area contributed by atoms with E-state index in [2.05, 4.69) is 181 Å². The summed E-state index contributed by atoms with van der Waals surface area (Å²) in [6.45, 7) is 0. The first-order valence-electron chi connectivity index (χ1n) is 19.6. The molecule has 3 aromatic heterocycles. The van der Waals surface area contributed by atoms with Crippen molar-refractivity contribution in [3.63, 3.8) is 0 Å². The number of anilines is 3. The Morgan fingerprint density at radius 2 is 0.897 bits per heavy atom. The van der Waals surface area contributed by atoms with Gasteiger partial charge in [-0.1, -0.05) is 127 Å². The molecule has 3 heterocycles. The molecule has 0 unspecified atom stereocenters. The van der Waals surface area contributed by atoms with E-state index in [0.29, 0.717) is 0 Å². The number of rotatable bonds is 6. The number of nitrogens with zero attached hydrogens (tertiary/aromatic N) is 1. The van der Waals surface area contributed by atoms with Crippen LogP contribution in [-0.2, 0) is 0 Å². The van der Waals surface area contributed by atoms with Crippen LogP contribution in [-0.4, -0.2) is 0 Å². The van der Waals surface area contributed by atoms with E-state index in [1.165, 1.54) is 42.4 Å². The minimum absolute atomic E-state index is 0.861. The summed E-state index contributed by atoms with van der Waals surface area (Å²) in [5, 5.41) is 7.02. The molecule has 0 aliphatic rings. The lowest BCUT2D eigenvalue weighted by molar-refractivity contribution is 0.663. The molecule has 0 N–H and O–H groups in total. The maximum Gasteiger partial charge on any atom is 0.136 e. The number of furan rings is 2. The van der Waals surface area contributed by atoms with Crippen LogP contribution in [0.15, 0.2) is 209 Å². The zero-order chi connectivity index (χ0) is 38.2. The van der Waals surface area contributed by atoms with Gasteiger partial charge in [-0.05, 0) is 106 Å². The van der Waals surface area contributed by atoms with Gasteiger partial charge in [-0.15, -0.1) is 11.3 Å². The molecule has 0 saturated heterocycles. The van der Waals surface area contributed by atoms with E-state index in [1.807, 2.05) is 35.6 Å². The smallest absolute Gasteiger partial charge is 0.136 e. The predicted octanol–water partition coefficient (Wildman–Crippen LogP) is 16.3. The van der Waals surface area contributed by atoms with Crippen molar-refractivity contribution in [2.45, 2.75) is 0 Å². The lowest BCUT2D eigenvalue weighted by Crippen LogP contribution is -2.10. The molecule has 58 heavy (non-hydrogen) atoms. The molecule has 272 valence electrons. The van der Waals surface area contributed by atoms with Crippen molar-refractivity contribution in [2.24, 2.45) is 0 Å². The number of hydrogen-bond acceptors (Lipinski definition) is 4. The van der Waals surface area contributed by atoms with Crippen LogP contribution in [0.2, 0.25) is 0 Å². The van der Waals surface area contributed by atoms with E-state index in [9.17, 15) is 0 Å². The average Bonchev–Trinajstić information content (AvgIpc) is 3.98. The van der Waals surface area contributed by atoms with E-state index in [1.54, 1.807) is 0 Å². The topological polar surface area (TPSA) is 29.5 Å². The Hall–Kier alpha value is -7.40. The fourth-order valence-corrected chi connectivity index (χ4v) is 9.97. The van der Waals surface area contributed by atoms with Crippen molar-refractivity contribution < 1.29 is 8.83 Å². The Kier molecular flexibility index (Phi) is 7.40. The summed E-state index contributed by atoms with van der Waals surface area (Å²) in [6, 6.07) is 71.5. The van der Waals surface area contributed by atoms with Crippen LogP contribution in [0.4, 0.5) is 17.1 Å². The van der Waals surface area contributed by atoms with Gasteiger partial charge in [0.2, 0.25) is 0 Å². The quantitative estimate of drug-likeness (QED) is 0.169. The molecule has 0 spiro atoms. The molecule has 3 nitrogen and oxygen atoms in total. The van der Waals surface area contributed by atoms with Crippen molar-refractivity contribution in [3.8, 4) is 33.4 Å².